The smallest absolute Gasteiger partial charge is 0.243 e. The summed E-state index contributed by atoms with van der Waals surface area (Å²) < 4.78 is 40.7. The van der Waals surface area contributed by atoms with Gasteiger partial charge >= 0.3 is 0 Å². The second-order valence-corrected chi connectivity index (χ2v) is 10.6. The first-order valence-corrected chi connectivity index (χ1v) is 13.2. The third-order valence-electron chi connectivity index (χ3n) is 6.42. The summed E-state index contributed by atoms with van der Waals surface area (Å²) in [6.07, 6.45) is 0.596. The van der Waals surface area contributed by atoms with Gasteiger partial charge in [-0.3, -0.25) is 9.69 Å². The van der Waals surface area contributed by atoms with Crippen LogP contribution in [0.5, 0.6) is 0 Å². The van der Waals surface area contributed by atoms with Crippen LogP contribution < -0.4 is 5.32 Å². The van der Waals surface area contributed by atoms with E-state index in [2.05, 4.69) is 5.32 Å². The number of nitrogens with zero attached hydrogens (tertiary/aromatic N) is 2. The summed E-state index contributed by atoms with van der Waals surface area (Å²) >= 11 is 0. The van der Waals surface area contributed by atoms with Gasteiger partial charge in [-0.05, 0) is 48.7 Å². The molecule has 3 aromatic carbocycles. The molecule has 1 N–H and O–H groups in total. The van der Waals surface area contributed by atoms with Gasteiger partial charge in [0.25, 0.3) is 0 Å². The number of carbonyl (C=O) groups is 1. The van der Waals surface area contributed by atoms with Crippen molar-refractivity contribution in [3.8, 4) is 0 Å². The second-order valence-electron chi connectivity index (χ2n) is 8.69. The molecule has 35 heavy (non-hydrogen) atoms. The molecule has 0 saturated carbocycles. The van der Waals surface area contributed by atoms with E-state index in [-0.39, 0.29) is 23.4 Å². The molecule has 1 fully saturated rings. The molecule has 0 bridgehead atoms. The summed E-state index contributed by atoms with van der Waals surface area (Å²) in [6.45, 7) is 3.49. The molecular formula is C27H30FN3O3S. The highest BCUT2D eigenvalue weighted by atomic mass is 32.2. The van der Waals surface area contributed by atoms with Gasteiger partial charge in [0.05, 0.1) is 17.0 Å². The van der Waals surface area contributed by atoms with Crippen molar-refractivity contribution in [1.82, 2.24) is 14.5 Å². The number of hydrogen-bond donors (Lipinski definition) is 1. The standard InChI is InChI=1S/C27H30FN3O3S/c1-21(27(32)29-26(22-9-4-2-5-10-22)23-11-6-3-7-12-23)30-17-8-18-31(20-19-30)35(33,34)25-15-13-24(28)14-16-25/h2-7,9-16,21,26H,8,17-20H2,1H3,(H,29,32). The first-order chi connectivity index (χ1) is 16.9. The zero-order valence-electron chi connectivity index (χ0n) is 19.7. The predicted molar refractivity (Wildman–Crippen MR) is 134 cm³/mol. The number of benzene rings is 3. The lowest BCUT2D eigenvalue weighted by Gasteiger charge is -2.29. The molecule has 1 aliphatic heterocycles. The van der Waals surface area contributed by atoms with E-state index in [1.165, 1.54) is 16.4 Å². The molecule has 184 valence electrons. The lowest BCUT2D eigenvalue weighted by Crippen LogP contribution is -2.47. The van der Waals surface area contributed by atoms with Crippen molar-refractivity contribution in [2.75, 3.05) is 26.2 Å². The summed E-state index contributed by atoms with van der Waals surface area (Å²) in [5, 5.41) is 3.19. The van der Waals surface area contributed by atoms with E-state index in [9.17, 15) is 17.6 Å². The Kier molecular flexibility index (Phi) is 7.95. The normalized spacial score (nSPS) is 16.5. The molecule has 1 atom stereocenters. The molecule has 3 aromatic rings. The first-order valence-electron chi connectivity index (χ1n) is 11.8. The fourth-order valence-corrected chi connectivity index (χ4v) is 5.85. The van der Waals surface area contributed by atoms with E-state index >= 15 is 0 Å². The molecule has 0 spiro atoms. The average Bonchev–Trinajstić information content (AvgIpc) is 3.15. The van der Waals surface area contributed by atoms with E-state index in [1.807, 2.05) is 72.5 Å². The van der Waals surface area contributed by atoms with Gasteiger partial charge in [0.15, 0.2) is 0 Å². The number of hydrogen-bond acceptors (Lipinski definition) is 4. The summed E-state index contributed by atoms with van der Waals surface area (Å²) in [6, 6.07) is 23.8. The third kappa shape index (κ3) is 5.96. The van der Waals surface area contributed by atoms with Gasteiger partial charge in [-0.15, -0.1) is 0 Å². The highest BCUT2D eigenvalue weighted by molar-refractivity contribution is 7.89. The number of nitrogens with one attached hydrogen (secondary N) is 1. The maximum Gasteiger partial charge on any atom is 0.243 e. The molecule has 4 rings (SSSR count). The van der Waals surface area contributed by atoms with Crippen molar-refractivity contribution >= 4 is 15.9 Å². The largest absolute Gasteiger partial charge is 0.344 e. The lowest BCUT2D eigenvalue weighted by molar-refractivity contribution is -0.126. The summed E-state index contributed by atoms with van der Waals surface area (Å²) in [5.41, 5.74) is 1.98. The van der Waals surface area contributed by atoms with E-state index in [0.29, 0.717) is 26.1 Å². The minimum absolute atomic E-state index is 0.0757. The van der Waals surface area contributed by atoms with Crippen molar-refractivity contribution in [1.29, 1.82) is 0 Å². The Labute approximate surface area is 206 Å². The number of sulfonamides is 1. The molecule has 6 nitrogen and oxygen atoms in total. The van der Waals surface area contributed by atoms with Gasteiger partial charge in [-0.25, -0.2) is 12.8 Å². The fraction of sp³-hybridized carbons (Fsp3) is 0.296. The van der Waals surface area contributed by atoms with Crippen molar-refractivity contribution < 1.29 is 17.6 Å². The molecule has 1 unspecified atom stereocenters. The number of halogens is 1. The lowest BCUT2D eigenvalue weighted by atomic mass is 9.98. The number of rotatable bonds is 7. The van der Waals surface area contributed by atoms with E-state index in [0.717, 1.165) is 23.3 Å². The number of carbonyl (C=O) groups excluding carboxylic acids is 1. The highest BCUT2D eigenvalue weighted by Gasteiger charge is 2.31. The molecule has 1 saturated heterocycles. The molecule has 0 radical (unpaired) electrons. The molecule has 1 aliphatic rings. The van der Waals surface area contributed by atoms with Gasteiger partial charge in [-0.1, -0.05) is 60.7 Å². The zero-order valence-corrected chi connectivity index (χ0v) is 20.5. The van der Waals surface area contributed by atoms with Crippen LogP contribution in [0.25, 0.3) is 0 Å². The van der Waals surface area contributed by atoms with Crippen molar-refractivity contribution in [3.63, 3.8) is 0 Å². The van der Waals surface area contributed by atoms with Gasteiger partial charge in [0.1, 0.15) is 5.82 Å². The maximum atomic E-state index is 13.3. The monoisotopic (exact) mass is 495 g/mol. The Balaban J connectivity index is 1.45. The van der Waals surface area contributed by atoms with Crippen LogP contribution >= 0.6 is 0 Å². The Hall–Kier alpha value is -3.07. The third-order valence-corrected chi connectivity index (χ3v) is 8.33. The van der Waals surface area contributed by atoms with Crippen molar-refractivity contribution in [2.45, 2.75) is 30.3 Å². The topological polar surface area (TPSA) is 69.7 Å². The van der Waals surface area contributed by atoms with E-state index in [4.69, 9.17) is 0 Å². The molecule has 0 aliphatic carbocycles. The molecular weight excluding hydrogens is 465 g/mol. The molecule has 8 heteroatoms. The van der Waals surface area contributed by atoms with Gasteiger partial charge in [0, 0.05) is 26.2 Å². The maximum absolute atomic E-state index is 13.3. The van der Waals surface area contributed by atoms with Gasteiger partial charge < -0.3 is 5.32 Å². The Morgan fingerprint density at radius 1 is 0.829 bits per heavy atom. The van der Waals surface area contributed by atoms with Crippen LogP contribution in [0.15, 0.2) is 89.8 Å². The van der Waals surface area contributed by atoms with Crippen LogP contribution in [0.1, 0.15) is 30.5 Å². The Bertz CT molecular complexity index is 1180. The van der Waals surface area contributed by atoms with E-state index < -0.39 is 21.9 Å². The highest BCUT2D eigenvalue weighted by Crippen LogP contribution is 2.23. The molecule has 1 amide bonds. The van der Waals surface area contributed by atoms with Crippen LogP contribution in [-0.4, -0.2) is 55.8 Å². The van der Waals surface area contributed by atoms with E-state index in [1.54, 1.807) is 0 Å². The SMILES string of the molecule is CC(C(=O)NC(c1ccccc1)c1ccccc1)N1CCCN(S(=O)(=O)c2ccc(F)cc2)CC1. The van der Waals surface area contributed by atoms with Crippen molar-refractivity contribution in [2.24, 2.45) is 0 Å². The van der Waals surface area contributed by atoms with Crippen LogP contribution in [0.3, 0.4) is 0 Å². The quantitative estimate of drug-likeness (QED) is 0.541. The summed E-state index contributed by atoms with van der Waals surface area (Å²) in [4.78, 5) is 15.4. The summed E-state index contributed by atoms with van der Waals surface area (Å²) in [5.74, 6) is -0.590. The Morgan fingerprint density at radius 2 is 1.40 bits per heavy atom. The van der Waals surface area contributed by atoms with Crippen LogP contribution in [0, 0.1) is 5.82 Å². The van der Waals surface area contributed by atoms with Gasteiger partial charge in [-0.2, -0.15) is 4.31 Å². The summed E-state index contributed by atoms with van der Waals surface area (Å²) in [7, 11) is -3.72. The Morgan fingerprint density at radius 3 is 1.97 bits per heavy atom. The van der Waals surface area contributed by atoms with Crippen LogP contribution in [-0.2, 0) is 14.8 Å². The first kappa shape index (κ1) is 25.0. The zero-order chi connectivity index (χ0) is 24.8. The van der Waals surface area contributed by atoms with Crippen LogP contribution in [0.4, 0.5) is 4.39 Å². The molecule has 1 heterocycles. The fourth-order valence-electron chi connectivity index (χ4n) is 4.38. The minimum Gasteiger partial charge on any atom is -0.344 e. The molecule has 0 aromatic heterocycles. The number of amides is 1. The predicted octanol–water partition coefficient (Wildman–Crippen LogP) is 3.82. The van der Waals surface area contributed by atoms with Crippen molar-refractivity contribution in [3.05, 3.63) is 102 Å². The van der Waals surface area contributed by atoms with Crippen LogP contribution in [0.2, 0.25) is 0 Å². The minimum atomic E-state index is -3.72. The second kappa shape index (κ2) is 11.1. The van der Waals surface area contributed by atoms with Gasteiger partial charge in [0.2, 0.25) is 15.9 Å². The average molecular weight is 496 g/mol.